The predicted octanol–water partition coefficient (Wildman–Crippen LogP) is 9.22. The number of benzene rings is 2. The molecule has 0 amide bonds. The second-order valence-electron chi connectivity index (χ2n) is 21.3. The number of fused-ring (bicyclic) bond motifs is 2. The highest BCUT2D eigenvalue weighted by atomic mass is 16.1. The first-order valence-corrected chi connectivity index (χ1v) is 28.8. The molecule has 74 heavy (non-hydrogen) atoms. The summed E-state index contributed by atoms with van der Waals surface area (Å²) in [5, 5.41) is 35.4. The van der Waals surface area contributed by atoms with Gasteiger partial charge in [-0.25, -0.2) is 0 Å². The highest BCUT2D eigenvalue weighted by molar-refractivity contribution is 6.32. The minimum atomic E-state index is -0.285. The van der Waals surface area contributed by atoms with Gasteiger partial charge in [-0.2, -0.15) is 29.9 Å². The molecule has 400 valence electrons. The Hall–Kier alpha value is -5.56. The zero-order valence-corrected chi connectivity index (χ0v) is 43.9. The van der Waals surface area contributed by atoms with Gasteiger partial charge < -0.3 is 53.2 Å². The van der Waals surface area contributed by atoms with Gasteiger partial charge in [0.25, 0.3) is 0 Å². The van der Waals surface area contributed by atoms with Crippen LogP contribution in [0.1, 0.15) is 186 Å². The van der Waals surface area contributed by atoms with E-state index in [1.165, 1.54) is 128 Å². The normalized spacial score (nSPS) is 17.9. The monoisotopic (exact) mass is 1010 g/mol. The maximum absolute atomic E-state index is 14.7. The fourth-order valence-corrected chi connectivity index (χ4v) is 11.5. The van der Waals surface area contributed by atoms with Crippen molar-refractivity contribution >= 4 is 58.6 Å². The molecule has 0 bridgehead atoms. The molecule has 0 atom stereocenters. The summed E-state index contributed by atoms with van der Waals surface area (Å²) < 4.78 is 0. The molecular formula is C56H84N16O2. The minimum Gasteiger partial charge on any atom is -0.354 e. The average Bonchev–Trinajstić information content (AvgIpc) is 3.44. The Morgan fingerprint density at radius 1 is 0.338 bits per heavy atom. The Labute approximate surface area is 439 Å². The first-order valence-electron chi connectivity index (χ1n) is 28.8. The first kappa shape index (κ1) is 53.3. The van der Waals surface area contributed by atoms with E-state index in [4.69, 9.17) is 29.9 Å². The van der Waals surface area contributed by atoms with E-state index < -0.39 is 0 Å². The number of nitrogens with one attached hydrogen (secondary N) is 10. The summed E-state index contributed by atoms with van der Waals surface area (Å²) in [4.78, 5) is 58.2. The third-order valence-electron chi connectivity index (χ3n) is 15.5. The third kappa shape index (κ3) is 15.7. The lowest BCUT2D eigenvalue weighted by Gasteiger charge is -2.24. The number of hydrogen-bond donors (Lipinski definition) is 10. The summed E-state index contributed by atoms with van der Waals surface area (Å²) in [6.07, 6.45) is 29.3. The summed E-state index contributed by atoms with van der Waals surface area (Å²) in [6, 6.07) is 12.9. The van der Waals surface area contributed by atoms with E-state index >= 15 is 0 Å². The van der Waals surface area contributed by atoms with Gasteiger partial charge >= 0.3 is 0 Å². The van der Waals surface area contributed by atoms with Crippen molar-refractivity contribution in [3.05, 3.63) is 58.7 Å². The molecular weight excluding hydrogens is 929 g/mol. The fraction of sp³-hybridized carbons (Fsp3) is 0.643. The molecule has 4 fully saturated rings. The molecule has 10 N–H and O–H groups in total. The van der Waals surface area contributed by atoms with Crippen molar-refractivity contribution in [1.82, 2.24) is 51.2 Å². The number of carbonyl (C=O) groups excluding carboxylic acids is 2. The van der Waals surface area contributed by atoms with Gasteiger partial charge in [0.15, 0.2) is 11.6 Å². The lowest BCUT2D eigenvalue weighted by molar-refractivity contribution is 0.0980. The number of anilines is 8. The topological polar surface area (TPSA) is 232 Å². The van der Waals surface area contributed by atoms with E-state index in [2.05, 4.69) is 53.2 Å². The van der Waals surface area contributed by atoms with Crippen molar-refractivity contribution in [1.29, 1.82) is 0 Å². The lowest BCUT2D eigenvalue weighted by Crippen LogP contribution is -2.32. The average molecular weight is 1010 g/mol. The Bertz CT molecular complexity index is 2140. The number of hydrogen-bond acceptors (Lipinski definition) is 18. The van der Waals surface area contributed by atoms with E-state index in [1.807, 2.05) is 0 Å². The molecule has 2 aromatic carbocycles. The van der Waals surface area contributed by atoms with Crippen LogP contribution in [0.5, 0.6) is 0 Å². The summed E-state index contributed by atoms with van der Waals surface area (Å²) in [5.41, 5.74) is 1.91. The fourth-order valence-electron chi connectivity index (χ4n) is 11.5. The van der Waals surface area contributed by atoms with Crippen LogP contribution >= 0.6 is 0 Å². The second kappa shape index (κ2) is 28.4. The Balaban J connectivity index is 0.931. The van der Waals surface area contributed by atoms with E-state index in [0.29, 0.717) is 96.6 Å². The maximum Gasteiger partial charge on any atom is 0.233 e. The van der Waals surface area contributed by atoms with E-state index in [1.54, 1.807) is 36.4 Å². The van der Waals surface area contributed by atoms with Crippen LogP contribution in [0.2, 0.25) is 0 Å². The van der Waals surface area contributed by atoms with Crippen LogP contribution < -0.4 is 53.2 Å². The van der Waals surface area contributed by atoms with Crippen molar-refractivity contribution in [2.75, 3.05) is 84.3 Å². The SMILES string of the molecule is O=C1c2ccccc2C(=O)c2c(Nc3nc(NCCCNC4CCCCC4)nc(NCCCNC4CCCCC4)n3)ccc(Nc3nc(NCCCNC4CCCCC4)nc(NCCCNC4CCCCC4)n3)c21. The quantitative estimate of drug-likeness (QED) is 0.0210. The molecule has 0 radical (unpaired) electrons. The van der Waals surface area contributed by atoms with Crippen LogP contribution in [-0.4, -0.2) is 118 Å². The summed E-state index contributed by atoms with van der Waals surface area (Å²) in [7, 11) is 0. The highest BCUT2D eigenvalue weighted by Gasteiger charge is 2.35. The van der Waals surface area contributed by atoms with Gasteiger partial charge in [-0.1, -0.05) is 101 Å². The number of rotatable bonds is 28. The van der Waals surface area contributed by atoms with Crippen LogP contribution in [0.4, 0.5) is 47.1 Å². The van der Waals surface area contributed by atoms with E-state index in [-0.39, 0.29) is 34.6 Å². The summed E-state index contributed by atoms with van der Waals surface area (Å²) in [5.74, 6) is 1.62. The molecule has 4 aromatic rings. The van der Waals surface area contributed by atoms with Crippen LogP contribution in [0.25, 0.3) is 0 Å². The lowest BCUT2D eigenvalue weighted by atomic mass is 9.82. The smallest absolute Gasteiger partial charge is 0.233 e. The molecule has 0 spiro atoms. The standard InChI is InChI=1S/C56H84N16O2/c73-49-43-27-13-14-28-44(43)50(74)48-46(66-56-71-53(63-37-17-33-59-41-23-9-3-10-24-41)68-54(72-56)64-38-18-34-60-42-25-11-4-12-26-42)30-29-45(47(48)49)65-55-69-51(61-35-15-31-57-39-19-5-1-6-20-39)67-52(70-55)62-36-16-32-58-40-21-7-2-8-22-40/h13-14,27-30,39-42,57-60H,1-12,15-26,31-38H2,(H3,61,62,65,67,69,70)(H3,63,64,66,68,71,72). The van der Waals surface area contributed by atoms with Crippen LogP contribution in [-0.2, 0) is 0 Å². The van der Waals surface area contributed by atoms with Gasteiger partial charge in [0.05, 0.1) is 22.5 Å². The van der Waals surface area contributed by atoms with Gasteiger partial charge in [0.2, 0.25) is 35.7 Å². The molecule has 18 heteroatoms. The number of ketones is 2. The molecule has 2 heterocycles. The summed E-state index contributed by atoms with van der Waals surface area (Å²) in [6.45, 7) is 6.34. The van der Waals surface area contributed by atoms with Gasteiger partial charge in [-0.3, -0.25) is 9.59 Å². The van der Waals surface area contributed by atoms with E-state index in [9.17, 15) is 9.59 Å². The van der Waals surface area contributed by atoms with Crippen LogP contribution in [0.3, 0.4) is 0 Å². The van der Waals surface area contributed by atoms with Gasteiger partial charge in [-0.15, -0.1) is 0 Å². The Morgan fingerprint density at radius 3 is 0.892 bits per heavy atom. The first-order chi connectivity index (χ1) is 36.5. The third-order valence-corrected chi connectivity index (χ3v) is 15.5. The van der Waals surface area contributed by atoms with Gasteiger partial charge in [-0.05, 0) is 115 Å². The molecule has 9 rings (SSSR count). The van der Waals surface area contributed by atoms with Crippen molar-refractivity contribution < 1.29 is 9.59 Å². The second-order valence-corrected chi connectivity index (χ2v) is 21.3. The molecule has 18 nitrogen and oxygen atoms in total. The van der Waals surface area contributed by atoms with Gasteiger partial charge in [0, 0.05) is 61.5 Å². The van der Waals surface area contributed by atoms with Crippen LogP contribution in [0.15, 0.2) is 36.4 Å². The zero-order chi connectivity index (χ0) is 50.6. The molecule has 5 aliphatic rings. The van der Waals surface area contributed by atoms with Crippen molar-refractivity contribution in [3.63, 3.8) is 0 Å². The van der Waals surface area contributed by atoms with Crippen molar-refractivity contribution in [2.45, 2.75) is 178 Å². The van der Waals surface area contributed by atoms with Gasteiger partial charge in [0.1, 0.15) is 0 Å². The van der Waals surface area contributed by atoms with Crippen molar-refractivity contribution in [3.8, 4) is 0 Å². The highest BCUT2D eigenvalue weighted by Crippen LogP contribution is 2.38. The molecule has 5 aliphatic carbocycles. The largest absolute Gasteiger partial charge is 0.354 e. The van der Waals surface area contributed by atoms with Crippen LogP contribution in [0, 0.1) is 0 Å². The molecule has 4 saturated carbocycles. The minimum absolute atomic E-state index is 0.215. The Morgan fingerprint density at radius 2 is 0.608 bits per heavy atom. The number of nitrogens with zero attached hydrogens (tertiary/aromatic N) is 6. The number of carbonyl (C=O) groups is 2. The Kier molecular flexibility index (Phi) is 20.4. The summed E-state index contributed by atoms with van der Waals surface area (Å²) >= 11 is 0. The van der Waals surface area contributed by atoms with E-state index in [0.717, 1.165) is 51.9 Å². The molecule has 0 saturated heterocycles. The van der Waals surface area contributed by atoms with Crippen molar-refractivity contribution in [2.24, 2.45) is 0 Å². The predicted molar refractivity (Wildman–Crippen MR) is 298 cm³/mol. The number of aromatic nitrogens is 6. The maximum atomic E-state index is 14.7. The molecule has 0 aliphatic heterocycles. The zero-order valence-electron chi connectivity index (χ0n) is 43.9. The molecule has 2 aromatic heterocycles. The molecule has 0 unspecified atom stereocenters.